The first-order valence-corrected chi connectivity index (χ1v) is 7.54. The normalized spacial score (nSPS) is 23.9. The van der Waals surface area contributed by atoms with Crippen LogP contribution in [0, 0.1) is 0 Å². The number of rotatable bonds is 3. The molecule has 0 unspecified atom stereocenters. The van der Waals surface area contributed by atoms with Crippen LogP contribution in [0.3, 0.4) is 0 Å². The van der Waals surface area contributed by atoms with Crippen LogP contribution in [0.2, 0.25) is 0 Å². The van der Waals surface area contributed by atoms with Crippen LogP contribution in [0.5, 0.6) is 0 Å². The molecule has 2 atom stereocenters. The minimum absolute atomic E-state index is 0.209. The highest BCUT2D eigenvalue weighted by Gasteiger charge is 2.47. The fourth-order valence-electron chi connectivity index (χ4n) is 3.55. The van der Waals surface area contributed by atoms with E-state index >= 15 is 0 Å². The summed E-state index contributed by atoms with van der Waals surface area (Å²) in [6.07, 6.45) is 10.3. The Morgan fingerprint density at radius 2 is 2.05 bits per heavy atom. The number of amides is 1. The summed E-state index contributed by atoms with van der Waals surface area (Å²) in [6.45, 7) is 1.56. The monoisotopic (exact) mass is 295 g/mol. The van der Waals surface area contributed by atoms with Gasteiger partial charge in [-0.3, -0.25) is 14.8 Å². The predicted octanol–water partition coefficient (Wildman–Crippen LogP) is 1.25. The minimum atomic E-state index is 0.209. The third-order valence-electron chi connectivity index (χ3n) is 4.53. The second-order valence-corrected chi connectivity index (χ2v) is 5.77. The highest BCUT2D eigenvalue weighted by atomic mass is 16.2. The first-order valence-electron chi connectivity index (χ1n) is 7.54. The van der Waals surface area contributed by atoms with Gasteiger partial charge in [0.2, 0.25) is 5.91 Å². The van der Waals surface area contributed by atoms with Crippen molar-refractivity contribution < 1.29 is 4.79 Å². The molecule has 1 amide bonds. The number of aromatic nitrogens is 3. The molecule has 6 heteroatoms. The van der Waals surface area contributed by atoms with Crippen molar-refractivity contribution in [1.29, 1.82) is 0 Å². The molecule has 2 aliphatic rings. The van der Waals surface area contributed by atoms with Crippen molar-refractivity contribution in [3.05, 3.63) is 48.7 Å². The number of pyridine rings is 1. The molecule has 0 aliphatic carbocycles. The Labute approximate surface area is 128 Å². The number of nitrogens with zero attached hydrogens (tertiary/aromatic N) is 5. The van der Waals surface area contributed by atoms with Gasteiger partial charge < -0.3 is 9.80 Å². The van der Waals surface area contributed by atoms with Gasteiger partial charge in [-0.15, -0.1) is 0 Å². The zero-order valence-corrected chi connectivity index (χ0v) is 12.2. The zero-order chi connectivity index (χ0) is 14.9. The molecule has 2 saturated heterocycles. The van der Waals surface area contributed by atoms with E-state index in [1.807, 2.05) is 23.2 Å². The van der Waals surface area contributed by atoms with E-state index in [2.05, 4.69) is 19.9 Å². The van der Waals surface area contributed by atoms with Gasteiger partial charge in [0.05, 0.1) is 18.3 Å². The number of carbonyl (C=O) groups excluding carboxylic acids is 1. The number of hydrogen-bond donors (Lipinski definition) is 0. The predicted molar refractivity (Wildman–Crippen MR) is 81.0 cm³/mol. The van der Waals surface area contributed by atoms with Crippen LogP contribution in [-0.2, 0) is 11.3 Å². The SMILES string of the molecule is O=C1C[C@@H]2[C@@H](CCN2c2cnccn2)N1Cc1cccnc1. The third kappa shape index (κ3) is 2.20. The van der Waals surface area contributed by atoms with Crippen molar-refractivity contribution in [1.82, 2.24) is 19.9 Å². The molecule has 0 radical (unpaired) electrons. The maximum Gasteiger partial charge on any atom is 0.225 e. The second-order valence-electron chi connectivity index (χ2n) is 5.77. The summed E-state index contributed by atoms with van der Waals surface area (Å²) in [4.78, 5) is 29.3. The minimum Gasteiger partial charge on any atom is -0.350 e. The summed E-state index contributed by atoms with van der Waals surface area (Å²) in [6, 6.07) is 4.40. The van der Waals surface area contributed by atoms with Crippen molar-refractivity contribution in [3.8, 4) is 0 Å². The fraction of sp³-hybridized carbons (Fsp3) is 0.375. The van der Waals surface area contributed by atoms with Gasteiger partial charge in [-0.1, -0.05) is 6.07 Å². The lowest BCUT2D eigenvalue weighted by Crippen LogP contribution is -2.37. The summed E-state index contributed by atoms with van der Waals surface area (Å²) in [5, 5.41) is 0. The Morgan fingerprint density at radius 1 is 1.14 bits per heavy atom. The van der Waals surface area contributed by atoms with Gasteiger partial charge >= 0.3 is 0 Å². The van der Waals surface area contributed by atoms with E-state index in [1.54, 1.807) is 24.8 Å². The Kier molecular flexibility index (Phi) is 3.21. The van der Waals surface area contributed by atoms with Crippen LogP contribution < -0.4 is 4.90 Å². The third-order valence-corrected chi connectivity index (χ3v) is 4.53. The summed E-state index contributed by atoms with van der Waals surface area (Å²) in [5.74, 6) is 1.08. The van der Waals surface area contributed by atoms with Crippen molar-refractivity contribution in [2.45, 2.75) is 31.5 Å². The summed E-state index contributed by atoms with van der Waals surface area (Å²) in [7, 11) is 0. The Bertz CT molecular complexity index is 663. The Balaban J connectivity index is 1.55. The molecule has 6 nitrogen and oxygen atoms in total. The molecule has 2 aliphatic heterocycles. The molecule has 0 aromatic carbocycles. The molecular weight excluding hydrogens is 278 g/mol. The first kappa shape index (κ1) is 13.2. The lowest BCUT2D eigenvalue weighted by molar-refractivity contribution is -0.129. The molecule has 2 aromatic rings. The van der Waals surface area contributed by atoms with E-state index in [9.17, 15) is 4.79 Å². The van der Waals surface area contributed by atoms with Gasteiger partial charge in [-0.25, -0.2) is 4.98 Å². The quantitative estimate of drug-likeness (QED) is 0.853. The molecule has 0 spiro atoms. The Morgan fingerprint density at radius 3 is 2.82 bits per heavy atom. The average Bonchev–Trinajstić information content (AvgIpc) is 3.09. The van der Waals surface area contributed by atoms with Gasteiger partial charge in [0.25, 0.3) is 0 Å². The van der Waals surface area contributed by atoms with Crippen molar-refractivity contribution in [2.24, 2.45) is 0 Å². The molecule has 0 saturated carbocycles. The summed E-state index contributed by atoms with van der Waals surface area (Å²) < 4.78 is 0. The standard InChI is InChI=1S/C16H17N5O/c22-16-8-14-13(21(16)11-12-2-1-4-17-9-12)3-7-20(14)15-10-18-5-6-19-15/h1-2,4-6,9-10,13-14H,3,7-8,11H2/t13-,14-/m1/s1. The van der Waals surface area contributed by atoms with Gasteiger partial charge in [0.15, 0.2) is 0 Å². The van der Waals surface area contributed by atoms with Crippen molar-refractivity contribution in [2.75, 3.05) is 11.4 Å². The average molecular weight is 295 g/mol. The van der Waals surface area contributed by atoms with Crippen molar-refractivity contribution in [3.63, 3.8) is 0 Å². The van der Waals surface area contributed by atoms with E-state index in [4.69, 9.17) is 0 Å². The van der Waals surface area contributed by atoms with Crippen LogP contribution in [-0.4, -0.2) is 44.4 Å². The second kappa shape index (κ2) is 5.36. The lowest BCUT2D eigenvalue weighted by atomic mass is 10.1. The first-order chi connectivity index (χ1) is 10.8. The topological polar surface area (TPSA) is 62.2 Å². The number of hydrogen-bond acceptors (Lipinski definition) is 5. The largest absolute Gasteiger partial charge is 0.350 e. The van der Waals surface area contributed by atoms with Crippen LogP contribution in [0.1, 0.15) is 18.4 Å². The smallest absolute Gasteiger partial charge is 0.225 e. The number of fused-ring (bicyclic) bond motifs is 1. The van der Waals surface area contributed by atoms with E-state index in [0.29, 0.717) is 13.0 Å². The molecule has 0 bridgehead atoms. The maximum atomic E-state index is 12.4. The van der Waals surface area contributed by atoms with E-state index in [-0.39, 0.29) is 18.0 Å². The highest BCUT2D eigenvalue weighted by Crippen LogP contribution is 2.35. The zero-order valence-electron chi connectivity index (χ0n) is 12.2. The van der Waals surface area contributed by atoms with Crippen LogP contribution >= 0.6 is 0 Å². The van der Waals surface area contributed by atoms with Gasteiger partial charge in [0.1, 0.15) is 5.82 Å². The Hall–Kier alpha value is -2.50. The van der Waals surface area contributed by atoms with E-state index < -0.39 is 0 Å². The fourth-order valence-corrected chi connectivity index (χ4v) is 3.55. The van der Waals surface area contributed by atoms with Crippen LogP contribution in [0.15, 0.2) is 43.1 Å². The summed E-state index contributed by atoms with van der Waals surface area (Å²) >= 11 is 0. The lowest BCUT2D eigenvalue weighted by Gasteiger charge is -2.25. The molecule has 0 N–H and O–H groups in total. The number of anilines is 1. The number of likely N-dealkylation sites (tertiary alicyclic amines) is 1. The molecule has 112 valence electrons. The van der Waals surface area contributed by atoms with Crippen LogP contribution in [0.25, 0.3) is 0 Å². The molecule has 4 rings (SSSR count). The molecule has 2 fully saturated rings. The van der Waals surface area contributed by atoms with E-state index in [1.165, 1.54) is 0 Å². The van der Waals surface area contributed by atoms with Gasteiger partial charge in [-0.2, -0.15) is 0 Å². The van der Waals surface area contributed by atoms with Gasteiger partial charge in [-0.05, 0) is 18.1 Å². The van der Waals surface area contributed by atoms with E-state index in [0.717, 1.165) is 24.3 Å². The molecule has 22 heavy (non-hydrogen) atoms. The molecule has 2 aromatic heterocycles. The molecular formula is C16H17N5O. The van der Waals surface area contributed by atoms with Gasteiger partial charge in [0, 0.05) is 44.3 Å². The van der Waals surface area contributed by atoms with Crippen LogP contribution in [0.4, 0.5) is 5.82 Å². The molecule has 4 heterocycles. The highest BCUT2D eigenvalue weighted by molar-refractivity contribution is 5.81. The maximum absolute atomic E-state index is 12.4. The summed E-state index contributed by atoms with van der Waals surface area (Å²) in [5.41, 5.74) is 1.08. The van der Waals surface area contributed by atoms with Crippen molar-refractivity contribution >= 4 is 11.7 Å². The number of carbonyl (C=O) groups is 1.